The van der Waals surface area contributed by atoms with Gasteiger partial charge in [-0.3, -0.25) is 4.79 Å². The summed E-state index contributed by atoms with van der Waals surface area (Å²) in [5.41, 5.74) is 1.57. The van der Waals surface area contributed by atoms with E-state index in [1.807, 2.05) is 30.3 Å². The van der Waals surface area contributed by atoms with Gasteiger partial charge in [0.2, 0.25) is 0 Å². The van der Waals surface area contributed by atoms with E-state index >= 15 is 0 Å². The van der Waals surface area contributed by atoms with Crippen molar-refractivity contribution in [3.05, 3.63) is 82.9 Å². The summed E-state index contributed by atoms with van der Waals surface area (Å²) < 4.78 is 5.31. The number of esters is 1. The molecule has 1 aliphatic heterocycles. The second kappa shape index (κ2) is 6.80. The molecule has 2 atom stereocenters. The van der Waals surface area contributed by atoms with Crippen molar-refractivity contribution in [3.63, 3.8) is 0 Å². The van der Waals surface area contributed by atoms with Gasteiger partial charge in [0.05, 0.1) is 0 Å². The van der Waals surface area contributed by atoms with Gasteiger partial charge in [-0.1, -0.05) is 41.9 Å². The van der Waals surface area contributed by atoms with Gasteiger partial charge in [-0.05, 0) is 35.9 Å². The summed E-state index contributed by atoms with van der Waals surface area (Å²) in [6.07, 6.45) is 2.97. The van der Waals surface area contributed by atoms with Gasteiger partial charge < -0.3 is 4.74 Å². The lowest BCUT2D eigenvalue weighted by atomic mass is 9.87. The lowest BCUT2D eigenvalue weighted by molar-refractivity contribution is -0.139. The Morgan fingerprint density at radius 1 is 1.09 bits per heavy atom. The van der Waals surface area contributed by atoms with Crippen molar-refractivity contribution in [1.29, 1.82) is 0 Å². The van der Waals surface area contributed by atoms with Crippen LogP contribution >= 0.6 is 11.6 Å². The topological polar surface area (TPSA) is 43.4 Å². The lowest BCUT2D eigenvalue weighted by Gasteiger charge is -2.21. The zero-order valence-corrected chi connectivity index (χ0v) is 13.1. The van der Waals surface area contributed by atoms with Crippen molar-refractivity contribution in [2.24, 2.45) is 0 Å². The Kier molecular flexibility index (Phi) is 4.58. The molecule has 0 saturated heterocycles. The highest BCUT2D eigenvalue weighted by Gasteiger charge is 2.30. The predicted molar refractivity (Wildman–Crippen MR) is 88.6 cm³/mol. The third-order valence-electron chi connectivity index (χ3n) is 3.87. The molecule has 0 radical (unpaired) electrons. The Labute approximate surface area is 139 Å². The summed E-state index contributed by atoms with van der Waals surface area (Å²) >= 11 is 5.86. The van der Waals surface area contributed by atoms with Gasteiger partial charge in [-0.2, -0.15) is 0 Å². The lowest BCUT2D eigenvalue weighted by Crippen LogP contribution is -2.21. The molecule has 0 saturated carbocycles. The highest BCUT2D eigenvalue weighted by atomic mass is 35.5. The molecular weight excluding hydrogens is 312 g/mol. The second-order valence-corrected chi connectivity index (χ2v) is 5.85. The van der Waals surface area contributed by atoms with Crippen molar-refractivity contribution in [2.45, 2.75) is 18.4 Å². The Morgan fingerprint density at radius 3 is 2.39 bits per heavy atom. The minimum atomic E-state index is -0.416. The molecule has 1 aliphatic rings. The third-order valence-corrected chi connectivity index (χ3v) is 4.12. The Morgan fingerprint density at radius 2 is 1.78 bits per heavy atom. The number of cyclic esters (lactones) is 1. The van der Waals surface area contributed by atoms with E-state index in [-0.39, 0.29) is 24.1 Å². The van der Waals surface area contributed by atoms with Gasteiger partial charge >= 0.3 is 5.97 Å². The number of ether oxygens (including phenoxy) is 1. The van der Waals surface area contributed by atoms with Crippen LogP contribution in [0.3, 0.4) is 0 Å². The SMILES string of the molecule is O=C1C=C[C@H]([C@H](CC(=O)c2ccc(Cl)cc2)c2ccccc2)O1. The van der Waals surface area contributed by atoms with E-state index in [0.717, 1.165) is 5.56 Å². The highest BCUT2D eigenvalue weighted by molar-refractivity contribution is 6.30. The number of carbonyl (C=O) groups excluding carboxylic acids is 2. The van der Waals surface area contributed by atoms with Crippen molar-refractivity contribution in [3.8, 4) is 0 Å². The number of benzene rings is 2. The molecule has 3 rings (SSSR count). The first-order valence-electron chi connectivity index (χ1n) is 7.36. The normalized spacial score (nSPS) is 17.8. The van der Waals surface area contributed by atoms with Crippen molar-refractivity contribution in [1.82, 2.24) is 0 Å². The van der Waals surface area contributed by atoms with Crippen LogP contribution in [0.5, 0.6) is 0 Å². The van der Waals surface area contributed by atoms with E-state index < -0.39 is 6.10 Å². The number of carbonyl (C=O) groups is 2. The molecule has 0 spiro atoms. The Bertz CT molecular complexity index is 735. The molecule has 1 heterocycles. The zero-order valence-electron chi connectivity index (χ0n) is 12.3. The van der Waals surface area contributed by atoms with E-state index in [1.54, 1.807) is 30.3 Å². The number of rotatable bonds is 5. The van der Waals surface area contributed by atoms with E-state index in [0.29, 0.717) is 10.6 Å². The Hall–Kier alpha value is -2.39. The minimum Gasteiger partial charge on any atom is -0.454 e. The molecule has 0 amide bonds. The summed E-state index contributed by atoms with van der Waals surface area (Å²) in [6, 6.07) is 16.4. The van der Waals surface area contributed by atoms with Crippen molar-refractivity contribution < 1.29 is 14.3 Å². The molecule has 0 N–H and O–H groups in total. The average molecular weight is 327 g/mol. The first kappa shape index (κ1) is 15.5. The molecule has 0 bridgehead atoms. The molecule has 2 aromatic rings. The third kappa shape index (κ3) is 3.69. The smallest absolute Gasteiger partial charge is 0.331 e. The monoisotopic (exact) mass is 326 g/mol. The van der Waals surface area contributed by atoms with E-state index in [4.69, 9.17) is 16.3 Å². The molecular formula is C19H15ClO3. The largest absolute Gasteiger partial charge is 0.454 e. The quantitative estimate of drug-likeness (QED) is 0.611. The maximum atomic E-state index is 12.6. The van der Waals surface area contributed by atoms with Crippen LogP contribution in [0, 0.1) is 0 Å². The van der Waals surface area contributed by atoms with Gasteiger partial charge in [0.25, 0.3) is 0 Å². The van der Waals surface area contributed by atoms with Crippen LogP contribution in [0.2, 0.25) is 5.02 Å². The summed E-state index contributed by atoms with van der Waals surface area (Å²) in [5, 5.41) is 0.591. The number of hydrogen-bond donors (Lipinski definition) is 0. The number of halogens is 1. The zero-order chi connectivity index (χ0) is 16.2. The van der Waals surface area contributed by atoms with E-state index in [9.17, 15) is 9.59 Å². The molecule has 2 aromatic carbocycles. The molecule has 0 fully saturated rings. The maximum Gasteiger partial charge on any atom is 0.331 e. The Balaban J connectivity index is 1.84. The predicted octanol–water partition coefficient (Wildman–Crippen LogP) is 4.18. The van der Waals surface area contributed by atoms with Crippen LogP contribution in [0.15, 0.2) is 66.7 Å². The number of hydrogen-bond acceptors (Lipinski definition) is 3. The summed E-state index contributed by atoms with van der Waals surface area (Å²) in [7, 11) is 0. The summed E-state index contributed by atoms with van der Waals surface area (Å²) in [5.74, 6) is -0.580. The highest BCUT2D eigenvalue weighted by Crippen LogP contribution is 2.30. The van der Waals surface area contributed by atoms with Crippen LogP contribution in [0.1, 0.15) is 28.3 Å². The molecule has 23 heavy (non-hydrogen) atoms. The van der Waals surface area contributed by atoms with Crippen molar-refractivity contribution >= 4 is 23.4 Å². The fourth-order valence-electron chi connectivity index (χ4n) is 2.68. The van der Waals surface area contributed by atoms with E-state index in [1.165, 1.54) is 6.08 Å². The van der Waals surface area contributed by atoms with Crippen LogP contribution in [0.25, 0.3) is 0 Å². The molecule has 0 unspecified atom stereocenters. The van der Waals surface area contributed by atoms with Crippen LogP contribution in [0.4, 0.5) is 0 Å². The van der Waals surface area contributed by atoms with Gasteiger partial charge in [-0.25, -0.2) is 4.79 Å². The van der Waals surface area contributed by atoms with Crippen LogP contribution in [-0.4, -0.2) is 17.9 Å². The maximum absolute atomic E-state index is 12.6. The van der Waals surface area contributed by atoms with E-state index in [2.05, 4.69) is 0 Å². The van der Waals surface area contributed by atoms with Gasteiger partial charge in [-0.15, -0.1) is 0 Å². The van der Waals surface area contributed by atoms with Crippen LogP contribution in [-0.2, 0) is 9.53 Å². The van der Waals surface area contributed by atoms with Crippen molar-refractivity contribution in [2.75, 3.05) is 0 Å². The fourth-order valence-corrected chi connectivity index (χ4v) is 2.81. The van der Waals surface area contributed by atoms with Gasteiger partial charge in [0.1, 0.15) is 6.10 Å². The molecule has 0 aliphatic carbocycles. The molecule has 116 valence electrons. The van der Waals surface area contributed by atoms with Gasteiger partial charge in [0, 0.05) is 29.0 Å². The fraction of sp³-hybridized carbons (Fsp3) is 0.158. The number of Topliss-reactive ketones (excluding diaryl/α,β-unsaturated/α-hetero) is 1. The average Bonchev–Trinajstić information content (AvgIpc) is 3.00. The molecule has 3 nitrogen and oxygen atoms in total. The summed E-state index contributed by atoms with van der Waals surface area (Å²) in [6.45, 7) is 0. The second-order valence-electron chi connectivity index (χ2n) is 5.41. The van der Waals surface area contributed by atoms with Gasteiger partial charge in [0.15, 0.2) is 5.78 Å². The van der Waals surface area contributed by atoms with Crippen LogP contribution < -0.4 is 0 Å². The minimum absolute atomic E-state index is 0.00753. The first-order chi connectivity index (χ1) is 11.1. The summed E-state index contributed by atoms with van der Waals surface area (Å²) in [4.78, 5) is 23.9. The molecule has 0 aromatic heterocycles. The first-order valence-corrected chi connectivity index (χ1v) is 7.74. The molecule has 4 heteroatoms. The standard InChI is InChI=1S/C19H15ClO3/c20-15-8-6-14(7-9-15)17(21)12-16(13-4-2-1-3-5-13)18-10-11-19(22)23-18/h1-11,16,18H,12H2/t16-,18-/m1/s1. The number of ketones is 1.